The van der Waals surface area contributed by atoms with E-state index in [0.29, 0.717) is 36.0 Å². The first-order valence-electron chi connectivity index (χ1n) is 29.5. The van der Waals surface area contributed by atoms with Crippen molar-refractivity contribution < 1.29 is 38.1 Å². The van der Waals surface area contributed by atoms with Gasteiger partial charge in [0.1, 0.15) is 24.4 Å². The van der Waals surface area contributed by atoms with Crippen molar-refractivity contribution in [1.82, 2.24) is 21.3 Å². The summed E-state index contributed by atoms with van der Waals surface area (Å²) in [5, 5.41) is 12.1. The van der Waals surface area contributed by atoms with Gasteiger partial charge in [-0.1, -0.05) is 131 Å². The predicted octanol–water partition coefficient (Wildman–Crippen LogP) is 15.3. The third-order valence-corrected chi connectivity index (χ3v) is 16.2. The highest BCUT2D eigenvalue weighted by molar-refractivity contribution is 5.69. The van der Waals surface area contributed by atoms with Crippen molar-refractivity contribution >= 4 is 24.4 Å². The van der Waals surface area contributed by atoms with E-state index in [9.17, 15) is 19.2 Å². The van der Waals surface area contributed by atoms with Crippen molar-refractivity contribution in [2.24, 2.45) is 17.8 Å². The number of rotatable bonds is 8. The summed E-state index contributed by atoms with van der Waals surface area (Å²) >= 11 is 0. The fraction of sp³-hybridized carbons (Fsp3) is 0.930. The van der Waals surface area contributed by atoms with Crippen LogP contribution in [0.2, 0.25) is 0 Å². The molecule has 4 unspecified atom stereocenters. The molecule has 8 rings (SSSR count). The molecule has 0 heterocycles. The number of hydrogen-bond donors (Lipinski definition) is 4. The highest BCUT2D eigenvalue weighted by Gasteiger charge is 2.28. The Morgan fingerprint density at radius 3 is 1.01 bits per heavy atom. The van der Waals surface area contributed by atoms with Crippen molar-refractivity contribution in [2.75, 3.05) is 0 Å². The molecule has 8 fully saturated rings. The summed E-state index contributed by atoms with van der Waals surface area (Å²) in [6.45, 7) is 10.7. The molecule has 12 nitrogen and oxygen atoms in total. The largest absolute Gasteiger partial charge is 0.446 e. The number of amides is 4. The molecule has 8 aliphatic rings. The molecule has 0 aromatic carbocycles. The number of hydrogen-bond acceptors (Lipinski definition) is 8. The Morgan fingerprint density at radius 2 is 0.623 bits per heavy atom. The summed E-state index contributed by atoms with van der Waals surface area (Å²) in [4.78, 5) is 46.9. The topological polar surface area (TPSA) is 153 Å². The molecule has 0 bridgehead atoms. The first-order valence-corrected chi connectivity index (χ1v) is 29.5. The predicted molar refractivity (Wildman–Crippen MR) is 278 cm³/mol. The van der Waals surface area contributed by atoms with Crippen LogP contribution < -0.4 is 21.3 Å². The molecular weight excluding hydrogens is 869 g/mol. The van der Waals surface area contributed by atoms with E-state index >= 15 is 0 Å². The number of alkyl carbamates (subject to hydrolysis) is 4. The molecule has 4 atom stereocenters. The molecule has 8 saturated carbocycles. The van der Waals surface area contributed by atoms with Gasteiger partial charge in [0.05, 0.1) is 0 Å². The molecule has 400 valence electrons. The van der Waals surface area contributed by atoms with E-state index in [2.05, 4.69) is 42.0 Å². The normalized spacial score (nSPS) is 28.5. The van der Waals surface area contributed by atoms with E-state index in [1.807, 2.05) is 13.8 Å². The van der Waals surface area contributed by atoms with Crippen LogP contribution in [0.5, 0.6) is 0 Å². The first-order chi connectivity index (χ1) is 33.6. The minimum Gasteiger partial charge on any atom is -0.446 e. The lowest BCUT2D eigenvalue weighted by molar-refractivity contribution is 0.0407. The second-order valence-corrected chi connectivity index (χ2v) is 22.4. The number of ether oxygens (including phenoxy) is 4. The van der Waals surface area contributed by atoms with Gasteiger partial charge in [0.15, 0.2) is 0 Å². The van der Waals surface area contributed by atoms with Crippen LogP contribution in [0, 0.1) is 17.8 Å². The second kappa shape index (κ2) is 35.2. The SMILES string of the molecule is CC.CC1CCC(OC(=O)NC2CCCCC2)CC1.CC1CCCC(OC(=O)NC2CCCCC2)C1.CC1CCCCC1OC(=O)NC1CCCCC1.O=C(NC1CCCCC1)OC1CCCCC1. The van der Waals surface area contributed by atoms with Gasteiger partial charge in [-0.05, 0) is 159 Å². The Morgan fingerprint density at radius 1 is 0.304 bits per heavy atom. The van der Waals surface area contributed by atoms with E-state index < -0.39 is 0 Å². The lowest BCUT2D eigenvalue weighted by Crippen LogP contribution is -2.40. The van der Waals surface area contributed by atoms with Crippen LogP contribution in [0.4, 0.5) is 19.2 Å². The van der Waals surface area contributed by atoms with Gasteiger partial charge in [0.2, 0.25) is 0 Å². The van der Waals surface area contributed by atoms with E-state index in [-0.39, 0.29) is 48.8 Å². The minimum atomic E-state index is -0.185. The summed E-state index contributed by atoms with van der Waals surface area (Å²) in [6.07, 6.45) is 43.7. The maximum Gasteiger partial charge on any atom is 0.407 e. The van der Waals surface area contributed by atoms with Crippen LogP contribution >= 0.6 is 0 Å². The van der Waals surface area contributed by atoms with E-state index in [1.54, 1.807) is 0 Å². The third-order valence-electron chi connectivity index (χ3n) is 16.2. The average Bonchev–Trinajstić information content (AvgIpc) is 3.36. The zero-order valence-electron chi connectivity index (χ0n) is 44.8. The summed E-state index contributed by atoms with van der Waals surface area (Å²) in [5.74, 6) is 2.04. The van der Waals surface area contributed by atoms with Gasteiger partial charge in [-0.15, -0.1) is 0 Å². The number of nitrogens with one attached hydrogen (secondary N) is 4. The maximum absolute atomic E-state index is 11.8. The Balaban J connectivity index is 0.000000198. The Bertz CT molecular complexity index is 1340. The van der Waals surface area contributed by atoms with Crippen LogP contribution in [0.25, 0.3) is 0 Å². The lowest BCUT2D eigenvalue weighted by Gasteiger charge is -2.30. The van der Waals surface area contributed by atoms with Gasteiger partial charge in [0.25, 0.3) is 0 Å². The van der Waals surface area contributed by atoms with Crippen molar-refractivity contribution in [3.63, 3.8) is 0 Å². The molecule has 12 heteroatoms. The van der Waals surface area contributed by atoms with Crippen LogP contribution in [-0.4, -0.2) is 73.0 Å². The Hall–Kier alpha value is -2.92. The molecule has 8 aliphatic carbocycles. The van der Waals surface area contributed by atoms with Crippen LogP contribution in [0.1, 0.15) is 272 Å². The summed E-state index contributed by atoms with van der Waals surface area (Å²) in [5.41, 5.74) is 0. The fourth-order valence-electron chi connectivity index (χ4n) is 11.9. The van der Waals surface area contributed by atoms with Gasteiger partial charge in [-0.3, -0.25) is 0 Å². The van der Waals surface area contributed by atoms with Crippen molar-refractivity contribution in [3.05, 3.63) is 0 Å². The lowest BCUT2D eigenvalue weighted by atomic mass is 9.88. The fourth-order valence-corrected chi connectivity index (χ4v) is 11.9. The quantitative estimate of drug-likeness (QED) is 0.175. The average molecular weight is 973 g/mol. The zero-order chi connectivity index (χ0) is 49.5. The molecule has 0 aromatic rings. The molecule has 0 saturated heterocycles. The molecule has 4 N–H and O–H groups in total. The van der Waals surface area contributed by atoms with Gasteiger partial charge < -0.3 is 40.2 Å². The van der Waals surface area contributed by atoms with Gasteiger partial charge in [0, 0.05) is 24.2 Å². The standard InChI is InChI=1S/3C14H25NO2.C13H23NO2.C2H6/c1-11-7-5-6-10-13(11)17-14(16)15-12-8-3-2-4-9-12;1-11-6-5-9-13(10-11)17-14(16)15-12-7-3-2-4-8-12;1-11-7-9-13(10-8-11)17-14(16)15-12-5-3-2-4-6-12;15-13(14-11-7-3-1-4-8-11)16-12-9-5-2-6-10-12;1-2/h3*11-13H,2-10H2,1H3,(H,15,16);11-12H,1-10H2,(H,14,15);1-2H3. The maximum atomic E-state index is 11.8. The Labute approximate surface area is 420 Å². The van der Waals surface area contributed by atoms with Gasteiger partial charge in [-0.2, -0.15) is 0 Å². The second-order valence-electron chi connectivity index (χ2n) is 22.4. The number of carbonyl (C=O) groups excluding carboxylic acids is 4. The molecule has 0 aromatic heterocycles. The molecule has 0 spiro atoms. The van der Waals surface area contributed by atoms with Crippen molar-refractivity contribution in [2.45, 2.75) is 321 Å². The highest BCUT2D eigenvalue weighted by atomic mass is 16.6. The zero-order valence-corrected chi connectivity index (χ0v) is 44.8. The van der Waals surface area contributed by atoms with E-state index in [1.165, 1.54) is 141 Å². The molecule has 4 amide bonds. The Kier molecular flexibility index (Phi) is 30.0. The monoisotopic (exact) mass is 973 g/mol. The molecule has 69 heavy (non-hydrogen) atoms. The van der Waals surface area contributed by atoms with E-state index in [0.717, 1.165) is 102 Å². The smallest absolute Gasteiger partial charge is 0.407 e. The van der Waals surface area contributed by atoms with Crippen molar-refractivity contribution in [1.29, 1.82) is 0 Å². The first kappa shape index (κ1) is 58.6. The molecular formula is C57H104N4O8. The summed E-state index contributed by atoms with van der Waals surface area (Å²) in [7, 11) is 0. The highest BCUT2D eigenvalue weighted by Crippen LogP contribution is 2.29. The van der Waals surface area contributed by atoms with Crippen LogP contribution in [0.3, 0.4) is 0 Å². The van der Waals surface area contributed by atoms with Gasteiger partial charge >= 0.3 is 24.4 Å². The minimum absolute atomic E-state index is 0.146. The van der Waals surface area contributed by atoms with Crippen LogP contribution in [-0.2, 0) is 18.9 Å². The third kappa shape index (κ3) is 25.9. The summed E-state index contributed by atoms with van der Waals surface area (Å²) < 4.78 is 22.0. The molecule has 0 aliphatic heterocycles. The van der Waals surface area contributed by atoms with E-state index in [4.69, 9.17) is 18.9 Å². The molecule has 0 radical (unpaired) electrons. The van der Waals surface area contributed by atoms with Crippen molar-refractivity contribution in [3.8, 4) is 0 Å². The summed E-state index contributed by atoms with van der Waals surface area (Å²) in [6, 6.07) is 1.44. The van der Waals surface area contributed by atoms with Crippen LogP contribution in [0.15, 0.2) is 0 Å². The van der Waals surface area contributed by atoms with Gasteiger partial charge in [-0.25, -0.2) is 19.2 Å². The number of carbonyl (C=O) groups is 4.